The molecule has 0 saturated heterocycles. The summed E-state index contributed by atoms with van der Waals surface area (Å²) >= 11 is 5.87. The number of rotatable bonds is 7. The van der Waals surface area contributed by atoms with E-state index in [4.69, 9.17) is 11.6 Å². The van der Waals surface area contributed by atoms with Gasteiger partial charge in [0.2, 0.25) is 10.0 Å². The minimum Gasteiger partial charge on any atom is -0.283 e. The van der Waals surface area contributed by atoms with Crippen molar-refractivity contribution in [2.24, 2.45) is 0 Å². The molecule has 0 bridgehead atoms. The Morgan fingerprint density at radius 2 is 1.61 bits per heavy atom. The predicted octanol–water partition coefficient (Wildman–Crippen LogP) is 3.48. The maximum absolute atomic E-state index is 12.4. The van der Waals surface area contributed by atoms with Crippen LogP contribution in [0.3, 0.4) is 0 Å². The predicted molar refractivity (Wildman–Crippen MR) is 109 cm³/mol. The largest absolute Gasteiger partial charge is 0.283 e. The van der Waals surface area contributed by atoms with Crippen molar-refractivity contribution in [3.8, 4) is 0 Å². The van der Waals surface area contributed by atoms with Gasteiger partial charge in [0.1, 0.15) is 5.82 Å². The molecule has 0 saturated carbocycles. The average molecular weight is 438 g/mol. The van der Waals surface area contributed by atoms with Crippen LogP contribution in [-0.2, 0) is 25.8 Å². The minimum atomic E-state index is -3.83. The van der Waals surface area contributed by atoms with E-state index >= 15 is 0 Å². The van der Waals surface area contributed by atoms with Crippen LogP contribution in [0, 0.1) is 0 Å². The summed E-state index contributed by atoms with van der Waals surface area (Å²) in [5, 5.41) is 0.447. The van der Waals surface area contributed by atoms with Crippen molar-refractivity contribution in [3.05, 3.63) is 83.5 Å². The summed E-state index contributed by atoms with van der Waals surface area (Å²) in [7, 11) is -7.52. The minimum absolute atomic E-state index is 0.0176. The van der Waals surface area contributed by atoms with Crippen molar-refractivity contribution in [3.63, 3.8) is 0 Å². The molecule has 0 aliphatic heterocycles. The zero-order chi connectivity index (χ0) is 20.2. The second-order valence-electron chi connectivity index (χ2n) is 5.84. The molecule has 0 atom stereocenters. The molecule has 1 aromatic heterocycles. The monoisotopic (exact) mass is 437 g/mol. The highest BCUT2D eigenvalue weighted by Gasteiger charge is 2.16. The number of aromatic nitrogens is 1. The summed E-state index contributed by atoms with van der Waals surface area (Å²) in [5.41, 5.74) is 0.789. The fourth-order valence-electron chi connectivity index (χ4n) is 2.38. The lowest BCUT2D eigenvalue weighted by Gasteiger charge is -2.10. The van der Waals surface area contributed by atoms with Crippen molar-refractivity contribution in [1.82, 2.24) is 4.98 Å². The number of benzene rings is 2. The van der Waals surface area contributed by atoms with Gasteiger partial charge in [-0.2, -0.15) is 0 Å². The normalized spacial score (nSPS) is 11.8. The number of pyridine rings is 1. The average Bonchev–Trinajstić information content (AvgIpc) is 2.62. The Kier molecular flexibility index (Phi) is 5.87. The van der Waals surface area contributed by atoms with Crippen LogP contribution in [0.15, 0.2) is 77.8 Å². The van der Waals surface area contributed by atoms with E-state index in [2.05, 4.69) is 14.4 Å². The first-order chi connectivity index (χ1) is 13.2. The quantitative estimate of drug-likeness (QED) is 0.588. The Morgan fingerprint density at radius 3 is 2.25 bits per heavy atom. The summed E-state index contributed by atoms with van der Waals surface area (Å²) in [6.07, 6.45) is 1.47. The van der Waals surface area contributed by atoms with Crippen molar-refractivity contribution >= 4 is 43.2 Å². The van der Waals surface area contributed by atoms with Crippen LogP contribution in [0.1, 0.15) is 5.56 Å². The van der Waals surface area contributed by atoms with Gasteiger partial charge >= 0.3 is 0 Å². The maximum atomic E-state index is 12.4. The van der Waals surface area contributed by atoms with E-state index in [0.29, 0.717) is 10.6 Å². The molecular weight excluding hydrogens is 422 g/mol. The molecule has 0 aliphatic carbocycles. The molecule has 0 amide bonds. The Bertz CT molecular complexity index is 1170. The summed E-state index contributed by atoms with van der Waals surface area (Å²) in [5.74, 6) is -0.0664. The number of sulfonamides is 2. The van der Waals surface area contributed by atoms with Gasteiger partial charge in [0.05, 0.1) is 10.6 Å². The molecule has 28 heavy (non-hydrogen) atoms. The Balaban J connectivity index is 1.71. The van der Waals surface area contributed by atoms with Crippen LogP contribution >= 0.6 is 11.6 Å². The molecule has 1 heterocycles. The molecule has 2 aromatic carbocycles. The van der Waals surface area contributed by atoms with E-state index in [9.17, 15) is 16.8 Å². The highest BCUT2D eigenvalue weighted by atomic mass is 35.5. The van der Waals surface area contributed by atoms with E-state index in [1.165, 1.54) is 36.5 Å². The van der Waals surface area contributed by atoms with Gasteiger partial charge in [-0.05, 0) is 54.1 Å². The van der Waals surface area contributed by atoms with E-state index in [0.717, 1.165) is 0 Å². The maximum Gasteiger partial charge on any atom is 0.263 e. The summed E-state index contributed by atoms with van der Waals surface area (Å²) < 4.78 is 54.1. The fraction of sp³-hybridized carbons (Fsp3) is 0.0556. The van der Waals surface area contributed by atoms with Gasteiger partial charge in [0, 0.05) is 16.9 Å². The number of nitrogens with zero attached hydrogens (tertiary/aromatic N) is 1. The third kappa shape index (κ3) is 5.44. The molecule has 0 radical (unpaired) electrons. The fourth-order valence-corrected chi connectivity index (χ4v) is 4.79. The van der Waals surface area contributed by atoms with E-state index in [-0.39, 0.29) is 22.2 Å². The molecule has 10 heteroatoms. The molecule has 3 rings (SSSR count). The Hall–Kier alpha value is -2.62. The summed E-state index contributed by atoms with van der Waals surface area (Å²) in [4.78, 5) is 3.89. The Labute approximate surface area is 168 Å². The third-order valence-corrected chi connectivity index (χ3v) is 6.45. The van der Waals surface area contributed by atoms with Gasteiger partial charge in [0.25, 0.3) is 10.0 Å². The highest BCUT2D eigenvalue weighted by Crippen LogP contribution is 2.19. The van der Waals surface area contributed by atoms with Crippen molar-refractivity contribution < 1.29 is 16.8 Å². The first-order valence-electron chi connectivity index (χ1n) is 8.02. The van der Waals surface area contributed by atoms with Crippen LogP contribution in [0.2, 0.25) is 5.02 Å². The topological polar surface area (TPSA) is 105 Å². The van der Waals surface area contributed by atoms with E-state index < -0.39 is 20.0 Å². The van der Waals surface area contributed by atoms with Crippen LogP contribution in [-0.4, -0.2) is 21.8 Å². The number of nitrogens with one attached hydrogen (secondary N) is 2. The lowest BCUT2D eigenvalue weighted by molar-refractivity contribution is 0.599. The zero-order valence-electron chi connectivity index (χ0n) is 14.4. The van der Waals surface area contributed by atoms with Gasteiger partial charge in [-0.1, -0.05) is 29.8 Å². The molecule has 0 fully saturated rings. The van der Waals surface area contributed by atoms with Gasteiger partial charge in [-0.15, -0.1) is 0 Å². The Morgan fingerprint density at radius 1 is 0.857 bits per heavy atom. The third-order valence-electron chi connectivity index (χ3n) is 3.59. The number of hydrogen-bond donors (Lipinski definition) is 2. The molecule has 146 valence electrons. The van der Waals surface area contributed by atoms with Crippen LogP contribution in [0.5, 0.6) is 0 Å². The second kappa shape index (κ2) is 8.17. The van der Waals surface area contributed by atoms with Crippen molar-refractivity contribution in [1.29, 1.82) is 0 Å². The van der Waals surface area contributed by atoms with Gasteiger partial charge in [-0.25, -0.2) is 21.8 Å². The first-order valence-corrected chi connectivity index (χ1v) is 11.5. The van der Waals surface area contributed by atoms with Crippen molar-refractivity contribution in [2.45, 2.75) is 10.6 Å². The molecule has 3 aromatic rings. The van der Waals surface area contributed by atoms with Crippen LogP contribution in [0.4, 0.5) is 11.5 Å². The molecule has 7 nitrogen and oxygen atoms in total. The van der Waals surface area contributed by atoms with Gasteiger partial charge in [-0.3, -0.25) is 9.44 Å². The molecule has 0 spiro atoms. The van der Waals surface area contributed by atoms with Gasteiger partial charge < -0.3 is 0 Å². The lowest BCUT2D eigenvalue weighted by atomic mass is 10.2. The molecule has 0 aliphatic rings. The smallest absolute Gasteiger partial charge is 0.263 e. The van der Waals surface area contributed by atoms with E-state index in [1.807, 2.05) is 0 Å². The SMILES string of the molecule is O=S(=O)(Cc1cccc(Cl)c1)Nc1ccc(S(=O)(=O)Nc2ccccn2)cc1. The molecule has 2 N–H and O–H groups in total. The first kappa shape index (κ1) is 20.1. The number of anilines is 2. The number of hydrogen-bond acceptors (Lipinski definition) is 5. The highest BCUT2D eigenvalue weighted by molar-refractivity contribution is 7.92. The molecular formula is C18H16ClN3O4S2. The van der Waals surface area contributed by atoms with E-state index in [1.54, 1.807) is 36.4 Å². The van der Waals surface area contributed by atoms with Crippen molar-refractivity contribution in [2.75, 3.05) is 9.44 Å². The standard InChI is InChI=1S/C18H16ClN3O4S2/c19-15-5-3-4-14(12-15)13-27(23,24)21-16-7-9-17(10-8-16)28(25,26)22-18-6-1-2-11-20-18/h1-12,21H,13H2,(H,20,22). The lowest BCUT2D eigenvalue weighted by Crippen LogP contribution is -2.16. The summed E-state index contributed by atoms with van der Waals surface area (Å²) in [6.45, 7) is 0. The zero-order valence-corrected chi connectivity index (χ0v) is 16.8. The van der Waals surface area contributed by atoms with Crippen LogP contribution < -0.4 is 9.44 Å². The number of halogens is 1. The second-order valence-corrected chi connectivity index (χ2v) is 9.68. The van der Waals surface area contributed by atoms with Gasteiger partial charge in [0.15, 0.2) is 0 Å². The van der Waals surface area contributed by atoms with Crippen LogP contribution in [0.25, 0.3) is 0 Å². The molecule has 0 unspecified atom stereocenters. The summed E-state index contributed by atoms with van der Waals surface area (Å²) in [6, 6.07) is 16.8.